The maximum absolute atomic E-state index is 11.2. The van der Waals surface area contributed by atoms with E-state index in [2.05, 4.69) is 36.8 Å². The number of aromatic nitrogens is 1. The van der Waals surface area contributed by atoms with Crippen LogP contribution in [0.2, 0.25) is 0 Å². The number of alkyl halides is 2. The summed E-state index contributed by atoms with van der Waals surface area (Å²) in [5, 5.41) is 1.34. The molecule has 13 heavy (non-hydrogen) atoms. The Morgan fingerprint density at radius 1 is 1.46 bits per heavy atom. The first-order valence-electron chi connectivity index (χ1n) is 3.79. The summed E-state index contributed by atoms with van der Waals surface area (Å²) in [4.78, 5) is 15.4. The normalized spacial score (nSPS) is 10.1. The van der Waals surface area contributed by atoms with Crippen molar-refractivity contribution in [2.45, 2.75) is 17.6 Å². The van der Waals surface area contributed by atoms with E-state index in [1.54, 1.807) is 13.1 Å². The Morgan fingerprint density at radius 2 is 2.15 bits per heavy atom. The van der Waals surface area contributed by atoms with Gasteiger partial charge in [0, 0.05) is 22.4 Å². The monoisotopic (exact) mass is 305 g/mol. The van der Waals surface area contributed by atoms with Gasteiger partial charge in [-0.3, -0.25) is 9.78 Å². The van der Waals surface area contributed by atoms with Crippen LogP contribution in [0.4, 0.5) is 0 Å². The van der Waals surface area contributed by atoms with Gasteiger partial charge in [0.1, 0.15) is 0 Å². The van der Waals surface area contributed by atoms with Crippen LogP contribution in [0.3, 0.4) is 0 Å². The van der Waals surface area contributed by atoms with Gasteiger partial charge in [0.05, 0.1) is 5.69 Å². The zero-order valence-electron chi connectivity index (χ0n) is 7.18. The summed E-state index contributed by atoms with van der Waals surface area (Å²) in [6, 6.07) is 1.88. The minimum Gasteiger partial charge on any atom is -0.294 e. The molecule has 0 saturated carbocycles. The van der Waals surface area contributed by atoms with Crippen LogP contribution in [-0.4, -0.2) is 10.8 Å². The fraction of sp³-hybridized carbons (Fsp3) is 0.333. The first-order valence-corrected chi connectivity index (χ1v) is 6.04. The fourth-order valence-electron chi connectivity index (χ4n) is 1.02. The summed E-state index contributed by atoms with van der Waals surface area (Å²) < 4.78 is 0. The predicted octanol–water partition coefficient (Wildman–Crippen LogP) is 3.07. The molecular formula is C9H9Br2NO. The molecule has 2 nitrogen and oxygen atoms in total. The number of Topliss-reactive ketones (excluding diaryl/α,β-unsaturated/α-hetero) is 1. The molecule has 4 heteroatoms. The number of hydrogen-bond acceptors (Lipinski definition) is 2. The average molecular weight is 307 g/mol. The molecule has 0 radical (unpaired) electrons. The number of rotatable bonds is 3. The van der Waals surface area contributed by atoms with Crippen LogP contribution in [-0.2, 0) is 10.7 Å². The molecule has 1 rings (SSSR count). The van der Waals surface area contributed by atoms with Gasteiger partial charge in [-0.05, 0) is 18.6 Å². The summed E-state index contributed by atoms with van der Waals surface area (Å²) in [5.74, 6) is 0.0600. The SMILES string of the molecule is CC(=O)c1cc(CBr)cnc1CBr. The van der Waals surface area contributed by atoms with E-state index < -0.39 is 0 Å². The highest BCUT2D eigenvalue weighted by Gasteiger charge is 2.08. The third-order valence-electron chi connectivity index (χ3n) is 1.69. The molecule has 1 aromatic rings. The molecule has 0 N–H and O–H groups in total. The summed E-state index contributed by atoms with van der Waals surface area (Å²) >= 11 is 6.62. The summed E-state index contributed by atoms with van der Waals surface area (Å²) in [7, 11) is 0. The number of ketones is 1. The van der Waals surface area contributed by atoms with Gasteiger partial charge in [-0.1, -0.05) is 31.9 Å². The molecule has 0 amide bonds. The van der Waals surface area contributed by atoms with Gasteiger partial charge in [0.15, 0.2) is 5.78 Å². The lowest BCUT2D eigenvalue weighted by Gasteiger charge is -2.04. The summed E-state index contributed by atoms with van der Waals surface area (Å²) in [5.41, 5.74) is 2.53. The van der Waals surface area contributed by atoms with Gasteiger partial charge < -0.3 is 0 Å². The molecule has 1 heterocycles. The van der Waals surface area contributed by atoms with Gasteiger partial charge in [-0.25, -0.2) is 0 Å². The zero-order valence-corrected chi connectivity index (χ0v) is 10.4. The molecule has 0 aliphatic carbocycles. The highest BCUT2D eigenvalue weighted by molar-refractivity contribution is 9.08. The van der Waals surface area contributed by atoms with Crippen LogP contribution in [0.5, 0.6) is 0 Å². The standard InChI is InChI=1S/C9H9Br2NO/c1-6(13)8-2-7(3-10)5-12-9(8)4-11/h2,5H,3-4H2,1H3. The molecule has 0 saturated heterocycles. The van der Waals surface area contributed by atoms with Crippen LogP contribution in [0.25, 0.3) is 0 Å². The number of nitrogens with zero attached hydrogens (tertiary/aromatic N) is 1. The van der Waals surface area contributed by atoms with E-state index in [9.17, 15) is 4.79 Å². The smallest absolute Gasteiger partial charge is 0.161 e. The third-order valence-corrected chi connectivity index (χ3v) is 2.87. The predicted molar refractivity (Wildman–Crippen MR) is 59.5 cm³/mol. The van der Waals surface area contributed by atoms with Crippen LogP contribution in [0.15, 0.2) is 12.3 Å². The van der Waals surface area contributed by atoms with Crippen molar-refractivity contribution in [3.63, 3.8) is 0 Å². The van der Waals surface area contributed by atoms with Crippen molar-refractivity contribution in [1.82, 2.24) is 4.98 Å². The number of halogens is 2. The number of carbonyl (C=O) groups is 1. The second kappa shape index (κ2) is 4.86. The molecule has 0 aromatic carbocycles. The van der Waals surface area contributed by atoms with E-state index in [0.29, 0.717) is 10.9 Å². The van der Waals surface area contributed by atoms with E-state index in [1.165, 1.54) is 0 Å². The van der Waals surface area contributed by atoms with Gasteiger partial charge in [-0.2, -0.15) is 0 Å². The van der Waals surface area contributed by atoms with Gasteiger partial charge in [0.25, 0.3) is 0 Å². The Morgan fingerprint density at radius 3 is 2.62 bits per heavy atom. The van der Waals surface area contributed by atoms with E-state index in [0.717, 1.165) is 16.6 Å². The molecule has 0 aliphatic heterocycles. The number of carbonyl (C=O) groups excluding carboxylic acids is 1. The van der Waals surface area contributed by atoms with Crippen LogP contribution >= 0.6 is 31.9 Å². The van der Waals surface area contributed by atoms with E-state index in [-0.39, 0.29) is 5.78 Å². The van der Waals surface area contributed by atoms with E-state index in [1.807, 2.05) is 6.07 Å². The Kier molecular flexibility index (Phi) is 4.06. The molecule has 70 valence electrons. The van der Waals surface area contributed by atoms with Crippen molar-refractivity contribution in [2.24, 2.45) is 0 Å². The molecule has 0 unspecified atom stereocenters. The molecule has 0 spiro atoms. The van der Waals surface area contributed by atoms with Crippen molar-refractivity contribution in [3.8, 4) is 0 Å². The molecule has 0 fully saturated rings. The van der Waals surface area contributed by atoms with Crippen molar-refractivity contribution in [3.05, 3.63) is 29.1 Å². The summed E-state index contributed by atoms with van der Waals surface area (Å²) in [6.45, 7) is 1.56. The second-order valence-electron chi connectivity index (χ2n) is 2.66. The van der Waals surface area contributed by atoms with Crippen LogP contribution in [0.1, 0.15) is 28.5 Å². The van der Waals surface area contributed by atoms with Crippen molar-refractivity contribution < 1.29 is 4.79 Å². The second-order valence-corrected chi connectivity index (χ2v) is 3.78. The molecule has 0 atom stereocenters. The Hall–Kier alpha value is -0.220. The lowest BCUT2D eigenvalue weighted by molar-refractivity contribution is 0.101. The van der Waals surface area contributed by atoms with Crippen molar-refractivity contribution in [1.29, 1.82) is 0 Å². The number of hydrogen-bond donors (Lipinski definition) is 0. The van der Waals surface area contributed by atoms with Gasteiger partial charge in [0.2, 0.25) is 0 Å². The van der Waals surface area contributed by atoms with E-state index in [4.69, 9.17) is 0 Å². The maximum atomic E-state index is 11.2. The Labute approximate surface area is 94.0 Å². The maximum Gasteiger partial charge on any atom is 0.161 e. The quantitative estimate of drug-likeness (QED) is 0.634. The average Bonchev–Trinajstić information content (AvgIpc) is 2.16. The minimum atomic E-state index is 0.0600. The Bertz CT molecular complexity index is 325. The topological polar surface area (TPSA) is 30.0 Å². The zero-order chi connectivity index (χ0) is 9.84. The largest absolute Gasteiger partial charge is 0.294 e. The van der Waals surface area contributed by atoms with Crippen LogP contribution in [0, 0.1) is 0 Å². The van der Waals surface area contributed by atoms with Crippen LogP contribution < -0.4 is 0 Å². The molecule has 0 aliphatic rings. The Balaban J connectivity index is 3.18. The molecule has 1 aromatic heterocycles. The van der Waals surface area contributed by atoms with Crippen molar-refractivity contribution >= 4 is 37.6 Å². The first-order chi connectivity index (χ1) is 6.19. The lowest BCUT2D eigenvalue weighted by atomic mass is 10.1. The van der Waals surface area contributed by atoms with Gasteiger partial charge >= 0.3 is 0 Å². The third kappa shape index (κ3) is 2.61. The van der Waals surface area contributed by atoms with E-state index >= 15 is 0 Å². The number of pyridine rings is 1. The van der Waals surface area contributed by atoms with Crippen molar-refractivity contribution in [2.75, 3.05) is 0 Å². The minimum absolute atomic E-state index is 0.0600. The van der Waals surface area contributed by atoms with Gasteiger partial charge in [-0.15, -0.1) is 0 Å². The highest BCUT2D eigenvalue weighted by atomic mass is 79.9. The highest BCUT2D eigenvalue weighted by Crippen LogP contribution is 2.14. The summed E-state index contributed by atoms with van der Waals surface area (Å²) in [6.07, 6.45) is 1.78. The molecule has 0 bridgehead atoms. The molecular weight excluding hydrogens is 298 g/mol. The first kappa shape index (κ1) is 10.9. The fourth-order valence-corrected chi connectivity index (χ4v) is 1.77. The lowest BCUT2D eigenvalue weighted by Crippen LogP contribution is -2.01.